The number of carbonyl (C=O) groups is 3. The number of nitrogens with one attached hydrogen (secondary N) is 1. The third kappa shape index (κ3) is 3.61. The first-order valence-electron chi connectivity index (χ1n) is 11.8. The zero-order chi connectivity index (χ0) is 23.4. The molecule has 0 spiro atoms. The smallest absolute Gasteiger partial charge is 0.255 e. The van der Waals surface area contributed by atoms with Gasteiger partial charge in [0.15, 0.2) is 0 Å². The van der Waals surface area contributed by atoms with E-state index in [1.165, 1.54) is 11.3 Å². The number of carbonyl (C=O) groups excluding carboxylic acids is 3. The van der Waals surface area contributed by atoms with Crippen LogP contribution in [0.15, 0.2) is 23.7 Å². The van der Waals surface area contributed by atoms with Gasteiger partial charge in [0.05, 0.1) is 11.4 Å². The summed E-state index contributed by atoms with van der Waals surface area (Å²) in [6, 6.07) is 5.57. The van der Waals surface area contributed by atoms with Gasteiger partial charge in [-0.1, -0.05) is 23.5 Å². The van der Waals surface area contributed by atoms with Crippen molar-refractivity contribution in [1.29, 1.82) is 0 Å². The maximum absolute atomic E-state index is 12.9. The number of fused-ring (bicyclic) bond motifs is 2. The molecule has 176 valence electrons. The number of hydrogen-bond acceptors (Lipinski definition) is 7. The second-order valence-electron chi connectivity index (χ2n) is 9.44. The van der Waals surface area contributed by atoms with E-state index < -0.39 is 6.04 Å². The minimum atomic E-state index is -0.569. The Kier molecular flexibility index (Phi) is 5.22. The number of likely N-dealkylation sites (tertiary alicyclic amines) is 1. The highest BCUT2D eigenvalue weighted by molar-refractivity contribution is 7.14. The van der Waals surface area contributed by atoms with Gasteiger partial charge in [-0.3, -0.25) is 24.6 Å². The molecule has 3 aromatic rings. The van der Waals surface area contributed by atoms with E-state index in [-0.39, 0.29) is 24.1 Å². The number of hydrogen-bond donors (Lipinski definition) is 1. The summed E-state index contributed by atoms with van der Waals surface area (Å²) < 4.78 is 1.96. The van der Waals surface area contributed by atoms with Gasteiger partial charge in [-0.25, -0.2) is 9.50 Å². The van der Waals surface area contributed by atoms with Crippen LogP contribution in [0.25, 0.3) is 4.96 Å². The van der Waals surface area contributed by atoms with E-state index in [0.29, 0.717) is 24.4 Å². The summed E-state index contributed by atoms with van der Waals surface area (Å²) in [5.41, 5.74) is 6.96. The molecule has 5 heterocycles. The molecule has 1 unspecified atom stereocenters. The molecule has 3 aliphatic rings. The number of piperidine rings is 2. The molecule has 1 N–H and O–H groups in total. The molecular formula is C24H26N6O3S. The summed E-state index contributed by atoms with van der Waals surface area (Å²) in [5.74, 6) is -0.297. The highest BCUT2D eigenvalue weighted by atomic mass is 32.1. The molecule has 0 saturated carbocycles. The van der Waals surface area contributed by atoms with Crippen LogP contribution in [0.5, 0.6) is 0 Å². The molecule has 3 amide bonds. The largest absolute Gasteiger partial charge is 0.322 e. The van der Waals surface area contributed by atoms with E-state index in [0.717, 1.165) is 48.7 Å². The molecule has 1 aromatic carbocycles. The number of amides is 3. The Labute approximate surface area is 200 Å². The summed E-state index contributed by atoms with van der Waals surface area (Å²) in [5, 5.41) is 6.79. The highest BCUT2D eigenvalue weighted by Gasteiger charge is 2.39. The van der Waals surface area contributed by atoms with Gasteiger partial charge in [0, 0.05) is 25.1 Å². The van der Waals surface area contributed by atoms with Crippen molar-refractivity contribution >= 4 is 34.0 Å². The third-order valence-electron chi connectivity index (χ3n) is 7.42. The molecule has 6 rings (SSSR count). The van der Waals surface area contributed by atoms with E-state index in [2.05, 4.69) is 32.4 Å². The summed E-state index contributed by atoms with van der Waals surface area (Å²) in [6.07, 6.45) is 2.77. The van der Waals surface area contributed by atoms with Crippen LogP contribution in [0.1, 0.15) is 64.5 Å². The minimum Gasteiger partial charge on any atom is -0.322 e. The Morgan fingerprint density at radius 1 is 1.15 bits per heavy atom. The molecule has 34 heavy (non-hydrogen) atoms. The highest BCUT2D eigenvalue weighted by Crippen LogP contribution is 2.34. The zero-order valence-electron chi connectivity index (χ0n) is 19.0. The van der Waals surface area contributed by atoms with Gasteiger partial charge in [0.25, 0.3) is 5.91 Å². The van der Waals surface area contributed by atoms with Crippen LogP contribution >= 0.6 is 11.3 Å². The van der Waals surface area contributed by atoms with Crippen molar-refractivity contribution in [2.45, 2.75) is 57.7 Å². The van der Waals surface area contributed by atoms with Gasteiger partial charge >= 0.3 is 0 Å². The number of aryl methyl sites for hydroxylation is 1. The third-order valence-corrected chi connectivity index (χ3v) is 8.09. The van der Waals surface area contributed by atoms with Gasteiger partial charge in [0.1, 0.15) is 11.6 Å². The first kappa shape index (κ1) is 21.4. The maximum atomic E-state index is 12.9. The number of imidazole rings is 1. The Morgan fingerprint density at radius 3 is 2.76 bits per heavy atom. The lowest BCUT2D eigenvalue weighted by Gasteiger charge is -2.32. The van der Waals surface area contributed by atoms with Crippen LogP contribution in [0, 0.1) is 6.92 Å². The van der Waals surface area contributed by atoms with E-state index >= 15 is 0 Å². The molecule has 0 aliphatic carbocycles. The van der Waals surface area contributed by atoms with Crippen molar-refractivity contribution < 1.29 is 14.4 Å². The molecule has 0 radical (unpaired) electrons. The summed E-state index contributed by atoms with van der Waals surface area (Å²) in [4.78, 5) is 46.4. The molecule has 10 heteroatoms. The van der Waals surface area contributed by atoms with Crippen molar-refractivity contribution in [2.75, 3.05) is 13.1 Å². The molecule has 1 atom stereocenters. The van der Waals surface area contributed by atoms with Crippen LogP contribution in [-0.4, -0.2) is 61.3 Å². The molecular weight excluding hydrogens is 452 g/mol. The molecule has 2 fully saturated rings. The fraction of sp³-hybridized carbons (Fsp3) is 0.458. The standard InChI is InChI=1S/C24H26N6O3S/c1-14-20(30-24(26-14)34-13-25-30)12-28-8-6-15(7-9-28)16-2-3-18-17(10-16)11-29(23(18)33)19-4-5-21(31)27-22(19)32/h2-3,10,13,15,19H,4-9,11-12H2,1H3,(H,27,31,32). The van der Waals surface area contributed by atoms with Crippen LogP contribution in [0.3, 0.4) is 0 Å². The van der Waals surface area contributed by atoms with E-state index in [1.54, 1.807) is 16.2 Å². The van der Waals surface area contributed by atoms with Crippen molar-refractivity contribution in [3.05, 3.63) is 51.8 Å². The van der Waals surface area contributed by atoms with Gasteiger partial charge in [-0.2, -0.15) is 5.10 Å². The molecule has 2 saturated heterocycles. The number of imide groups is 1. The SMILES string of the molecule is Cc1nc2scnn2c1CN1CCC(c2ccc3c(c2)CN(C2CCC(=O)NC2=O)C3=O)CC1. The summed E-state index contributed by atoms with van der Waals surface area (Å²) >= 11 is 1.56. The van der Waals surface area contributed by atoms with Gasteiger partial charge in [-0.15, -0.1) is 0 Å². The van der Waals surface area contributed by atoms with E-state index in [4.69, 9.17) is 0 Å². The van der Waals surface area contributed by atoms with Crippen molar-refractivity contribution in [1.82, 2.24) is 29.7 Å². The zero-order valence-corrected chi connectivity index (χ0v) is 19.8. The minimum absolute atomic E-state index is 0.115. The summed E-state index contributed by atoms with van der Waals surface area (Å²) in [7, 11) is 0. The fourth-order valence-corrected chi connectivity index (χ4v) is 6.19. The molecule has 9 nitrogen and oxygen atoms in total. The molecule has 2 aromatic heterocycles. The average molecular weight is 479 g/mol. The fourth-order valence-electron chi connectivity index (χ4n) is 5.50. The lowest BCUT2D eigenvalue weighted by atomic mass is 9.88. The predicted octanol–water partition coefficient (Wildman–Crippen LogP) is 2.24. The van der Waals surface area contributed by atoms with Crippen molar-refractivity contribution in [3.63, 3.8) is 0 Å². The van der Waals surface area contributed by atoms with Gasteiger partial charge < -0.3 is 4.90 Å². The number of rotatable bonds is 4. The summed E-state index contributed by atoms with van der Waals surface area (Å²) in [6.45, 7) is 5.33. The van der Waals surface area contributed by atoms with Crippen LogP contribution < -0.4 is 5.32 Å². The van der Waals surface area contributed by atoms with Crippen molar-refractivity contribution in [2.24, 2.45) is 0 Å². The quantitative estimate of drug-likeness (QED) is 0.578. The van der Waals surface area contributed by atoms with E-state index in [1.807, 2.05) is 23.0 Å². The number of benzene rings is 1. The lowest BCUT2D eigenvalue weighted by molar-refractivity contribution is -0.136. The Balaban J connectivity index is 1.12. The van der Waals surface area contributed by atoms with Gasteiger partial charge in [0.2, 0.25) is 16.8 Å². The van der Waals surface area contributed by atoms with Crippen LogP contribution in [0.4, 0.5) is 0 Å². The second-order valence-corrected chi connectivity index (χ2v) is 10.3. The number of nitrogens with zero attached hydrogens (tertiary/aromatic N) is 5. The second kappa shape index (κ2) is 8.28. The number of aromatic nitrogens is 3. The predicted molar refractivity (Wildman–Crippen MR) is 125 cm³/mol. The average Bonchev–Trinajstić information content (AvgIpc) is 3.49. The maximum Gasteiger partial charge on any atom is 0.255 e. The van der Waals surface area contributed by atoms with Crippen molar-refractivity contribution in [3.8, 4) is 0 Å². The first-order valence-corrected chi connectivity index (χ1v) is 12.6. The Hall–Kier alpha value is -3.11. The topological polar surface area (TPSA) is 99.9 Å². The molecule has 0 bridgehead atoms. The van der Waals surface area contributed by atoms with Gasteiger partial charge in [-0.05, 0) is 62.4 Å². The Morgan fingerprint density at radius 2 is 1.97 bits per heavy atom. The first-order chi connectivity index (χ1) is 16.5. The monoisotopic (exact) mass is 478 g/mol. The van der Waals surface area contributed by atoms with E-state index in [9.17, 15) is 14.4 Å². The van der Waals surface area contributed by atoms with Crippen LogP contribution in [0.2, 0.25) is 0 Å². The normalized spacial score (nSPS) is 22.0. The molecule has 3 aliphatic heterocycles. The van der Waals surface area contributed by atoms with Crippen LogP contribution in [-0.2, 0) is 22.7 Å². The lowest BCUT2D eigenvalue weighted by Crippen LogP contribution is -2.52. The Bertz CT molecular complexity index is 1310.